The van der Waals surface area contributed by atoms with Gasteiger partial charge >= 0.3 is 0 Å². The first-order valence-corrected chi connectivity index (χ1v) is 5.08. The maximum absolute atomic E-state index is 11.1. The summed E-state index contributed by atoms with van der Waals surface area (Å²) in [7, 11) is 1.93. The molecular weight excluding hydrogens is 188 g/mol. The molecule has 0 bridgehead atoms. The number of amides is 1. The number of likely N-dealkylation sites (tertiary alicyclic amines) is 1. The minimum atomic E-state index is -0.268. The van der Waals surface area contributed by atoms with Gasteiger partial charge in [0.05, 0.1) is 6.04 Å². The molecule has 0 aliphatic carbocycles. The zero-order valence-corrected chi connectivity index (χ0v) is 8.76. The van der Waals surface area contributed by atoms with Crippen LogP contribution in [0.25, 0.3) is 0 Å². The zero-order chi connectivity index (χ0) is 10.8. The van der Waals surface area contributed by atoms with Gasteiger partial charge in [0.2, 0.25) is 5.91 Å². The molecule has 1 aromatic carbocycles. The Balaban J connectivity index is 2.13. The molecule has 1 radical (unpaired) electrons. The summed E-state index contributed by atoms with van der Waals surface area (Å²) in [5.74, 6) is 0.0460. The fraction of sp³-hybridized carbons (Fsp3) is 0.333. The second-order valence-corrected chi connectivity index (χ2v) is 4.00. The van der Waals surface area contributed by atoms with Gasteiger partial charge in [-0.3, -0.25) is 9.69 Å². The van der Waals surface area contributed by atoms with E-state index in [0.29, 0.717) is 5.92 Å². The SMILES string of the molecule is CN1CC(c2ccccc2)[CH]C1C(N)=O. The number of nitrogens with zero attached hydrogens (tertiary/aromatic N) is 1. The van der Waals surface area contributed by atoms with Gasteiger partial charge in [-0.2, -0.15) is 0 Å². The molecule has 79 valence electrons. The molecule has 15 heavy (non-hydrogen) atoms. The van der Waals surface area contributed by atoms with Gasteiger partial charge < -0.3 is 5.73 Å². The summed E-state index contributed by atoms with van der Waals surface area (Å²) in [5.41, 5.74) is 6.56. The van der Waals surface area contributed by atoms with Crippen LogP contribution in [0.4, 0.5) is 0 Å². The Hall–Kier alpha value is -1.35. The van der Waals surface area contributed by atoms with Crippen molar-refractivity contribution in [2.45, 2.75) is 12.0 Å². The van der Waals surface area contributed by atoms with Gasteiger partial charge in [0.15, 0.2) is 0 Å². The predicted octanol–water partition coefficient (Wildman–Crippen LogP) is 0.774. The first-order chi connectivity index (χ1) is 7.18. The molecule has 3 nitrogen and oxygen atoms in total. The van der Waals surface area contributed by atoms with E-state index in [1.165, 1.54) is 5.56 Å². The highest BCUT2D eigenvalue weighted by Gasteiger charge is 2.33. The van der Waals surface area contributed by atoms with Crippen LogP contribution >= 0.6 is 0 Å². The second kappa shape index (κ2) is 4.03. The molecule has 1 aliphatic rings. The lowest BCUT2D eigenvalue weighted by atomic mass is 9.96. The highest BCUT2D eigenvalue weighted by Crippen LogP contribution is 2.29. The highest BCUT2D eigenvalue weighted by molar-refractivity contribution is 5.82. The lowest BCUT2D eigenvalue weighted by molar-refractivity contribution is -0.120. The van der Waals surface area contributed by atoms with Crippen LogP contribution in [0.15, 0.2) is 30.3 Å². The van der Waals surface area contributed by atoms with E-state index in [2.05, 4.69) is 12.1 Å². The fourth-order valence-corrected chi connectivity index (χ4v) is 2.08. The van der Waals surface area contributed by atoms with Gasteiger partial charge in [-0.25, -0.2) is 0 Å². The third-order valence-electron chi connectivity index (χ3n) is 2.89. The fourth-order valence-electron chi connectivity index (χ4n) is 2.08. The van der Waals surface area contributed by atoms with Crippen molar-refractivity contribution in [3.05, 3.63) is 42.3 Å². The van der Waals surface area contributed by atoms with Gasteiger partial charge in [-0.1, -0.05) is 30.3 Å². The van der Waals surface area contributed by atoms with Crippen molar-refractivity contribution in [3.63, 3.8) is 0 Å². The predicted molar refractivity (Wildman–Crippen MR) is 59.1 cm³/mol. The molecule has 0 saturated carbocycles. The van der Waals surface area contributed by atoms with Crippen LogP contribution < -0.4 is 5.73 Å². The quantitative estimate of drug-likeness (QED) is 0.772. The maximum atomic E-state index is 11.1. The van der Waals surface area contributed by atoms with Gasteiger partial charge in [0, 0.05) is 12.5 Å². The molecule has 3 heteroatoms. The number of carbonyl (C=O) groups excluding carboxylic acids is 1. The van der Waals surface area contributed by atoms with E-state index in [1.807, 2.05) is 36.6 Å². The molecule has 1 aromatic rings. The zero-order valence-electron chi connectivity index (χ0n) is 8.76. The van der Waals surface area contributed by atoms with E-state index in [-0.39, 0.29) is 11.9 Å². The van der Waals surface area contributed by atoms with Crippen LogP contribution in [0.1, 0.15) is 11.5 Å². The molecule has 1 saturated heterocycles. The molecule has 1 amide bonds. The first-order valence-electron chi connectivity index (χ1n) is 5.08. The normalized spacial score (nSPS) is 26.7. The van der Waals surface area contributed by atoms with Gasteiger partial charge in [-0.05, 0) is 19.0 Å². The van der Waals surface area contributed by atoms with Crippen LogP contribution in [-0.2, 0) is 4.79 Å². The lowest BCUT2D eigenvalue weighted by Crippen LogP contribution is -2.37. The Bertz CT molecular complexity index is 350. The van der Waals surface area contributed by atoms with Crippen LogP contribution in [0.3, 0.4) is 0 Å². The summed E-state index contributed by atoms with van der Waals surface area (Å²) in [4.78, 5) is 13.1. The van der Waals surface area contributed by atoms with Crippen molar-refractivity contribution in [1.29, 1.82) is 0 Å². The molecule has 1 aliphatic heterocycles. The van der Waals surface area contributed by atoms with E-state index in [4.69, 9.17) is 5.73 Å². The molecule has 2 N–H and O–H groups in total. The molecule has 2 rings (SSSR count). The van der Waals surface area contributed by atoms with Crippen molar-refractivity contribution in [2.75, 3.05) is 13.6 Å². The Morgan fingerprint density at radius 1 is 1.40 bits per heavy atom. The summed E-state index contributed by atoms with van der Waals surface area (Å²) in [5, 5.41) is 0. The summed E-state index contributed by atoms with van der Waals surface area (Å²) in [6.45, 7) is 0.859. The molecule has 2 unspecified atom stereocenters. The molecule has 1 fully saturated rings. The topological polar surface area (TPSA) is 46.3 Å². The maximum Gasteiger partial charge on any atom is 0.235 e. The Kier molecular flexibility index (Phi) is 2.73. The average molecular weight is 203 g/mol. The number of nitrogens with two attached hydrogens (primary N) is 1. The van der Waals surface area contributed by atoms with Crippen molar-refractivity contribution in [2.24, 2.45) is 5.73 Å². The number of hydrogen-bond donors (Lipinski definition) is 1. The number of likely N-dealkylation sites (N-methyl/N-ethyl adjacent to an activating group) is 1. The van der Waals surface area contributed by atoms with Crippen LogP contribution in [-0.4, -0.2) is 30.4 Å². The molecule has 1 heterocycles. The van der Waals surface area contributed by atoms with E-state index < -0.39 is 0 Å². The van der Waals surface area contributed by atoms with E-state index in [9.17, 15) is 4.79 Å². The molecule has 0 aromatic heterocycles. The highest BCUT2D eigenvalue weighted by atomic mass is 16.1. The number of primary amides is 1. The molecule has 2 atom stereocenters. The van der Waals surface area contributed by atoms with Crippen LogP contribution in [0, 0.1) is 6.42 Å². The number of carbonyl (C=O) groups is 1. The third kappa shape index (κ3) is 2.02. The Labute approximate surface area is 89.9 Å². The van der Waals surface area contributed by atoms with E-state index in [1.54, 1.807) is 0 Å². The third-order valence-corrected chi connectivity index (χ3v) is 2.89. The molecular formula is C12H15N2O. The summed E-state index contributed by atoms with van der Waals surface area (Å²) in [6.07, 6.45) is 2.03. The van der Waals surface area contributed by atoms with E-state index >= 15 is 0 Å². The number of benzene rings is 1. The average Bonchev–Trinajstić information content (AvgIpc) is 2.62. The van der Waals surface area contributed by atoms with Gasteiger partial charge in [0.25, 0.3) is 0 Å². The monoisotopic (exact) mass is 203 g/mol. The van der Waals surface area contributed by atoms with Crippen molar-refractivity contribution < 1.29 is 4.79 Å². The van der Waals surface area contributed by atoms with Crippen LogP contribution in [0.5, 0.6) is 0 Å². The Morgan fingerprint density at radius 3 is 2.60 bits per heavy atom. The van der Waals surface area contributed by atoms with Crippen molar-refractivity contribution >= 4 is 5.91 Å². The first kappa shape index (κ1) is 10.2. The van der Waals surface area contributed by atoms with Crippen molar-refractivity contribution in [3.8, 4) is 0 Å². The van der Waals surface area contributed by atoms with Crippen molar-refractivity contribution in [1.82, 2.24) is 4.90 Å². The number of rotatable bonds is 2. The Morgan fingerprint density at radius 2 is 2.07 bits per heavy atom. The lowest BCUT2D eigenvalue weighted by Gasteiger charge is -2.14. The summed E-state index contributed by atoms with van der Waals surface area (Å²) >= 11 is 0. The van der Waals surface area contributed by atoms with E-state index in [0.717, 1.165) is 6.54 Å². The van der Waals surface area contributed by atoms with Gasteiger partial charge in [0.1, 0.15) is 0 Å². The summed E-state index contributed by atoms with van der Waals surface area (Å²) < 4.78 is 0. The summed E-state index contributed by atoms with van der Waals surface area (Å²) in [6, 6.07) is 9.96. The smallest absolute Gasteiger partial charge is 0.235 e. The van der Waals surface area contributed by atoms with Gasteiger partial charge in [-0.15, -0.1) is 0 Å². The molecule has 0 spiro atoms. The minimum Gasteiger partial charge on any atom is -0.368 e. The minimum absolute atomic E-state index is 0.227. The standard InChI is InChI=1S/C12H15N2O/c1-14-8-10(7-11(14)12(13)15)9-5-3-2-4-6-9/h2-7,10-11H,8H2,1H3,(H2,13,15). The number of hydrogen-bond acceptors (Lipinski definition) is 2. The van der Waals surface area contributed by atoms with Crippen LogP contribution in [0.2, 0.25) is 0 Å². The second-order valence-electron chi connectivity index (χ2n) is 4.00. The largest absolute Gasteiger partial charge is 0.368 e.